The summed E-state index contributed by atoms with van der Waals surface area (Å²) in [5.41, 5.74) is 8.24. The first-order chi connectivity index (χ1) is 19.1. The molecule has 1 fully saturated rings. The molecule has 0 spiro atoms. The molecule has 1 aliphatic carbocycles. The summed E-state index contributed by atoms with van der Waals surface area (Å²) in [5.74, 6) is -2.61. The Kier molecular flexibility index (Phi) is 5.83. The van der Waals surface area contributed by atoms with E-state index in [4.69, 9.17) is 0 Å². The van der Waals surface area contributed by atoms with Gasteiger partial charge in [0.15, 0.2) is 5.78 Å². The number of aliphatic hydroxyl groups excluding tert-OH is 1. The molecule has 4 atom stereocenters. The molecule has 2 aliphatic heterocycles. The molecule has 1 unspecified atom stereocenters. The van der Waals surface area contributed by atoms with E-state index in [1.165, 1.54) is 0 Å². The van der Waals surface area contributed by atoms with Crippen molar-refractivity contribution < 1.29 is 19.8 Å². The number of aliphatic hydroxyl groups is 1. The van der Waals surface area contributed by atoms with Crippen LogP contribution in [0, 0.1) is 31.6 Å². The van der Waals surface area contributed by atoms with Gasteiger partial charge >= 0.3 is 5.97 Å². The number of aliphatic carboxylic acids is 1. The molecular weight excluding hydrogens is 504 g/mol. The van der Waals surface area contributed by atoms with Gasteiger partial charge in [0.25, 0.3) is 0 Å². The zero-order valence-electron chi connectivity index (χ0n) is 23.3. The second kappa shape index (κ2) is 9.05. The third-order valence-electron chi connectivity index (χ3n) is 9.25. The number of aromatic nitrogens is 3. The normalized spacial score (nSPS) is 26.5. The van der Waals surface area contributed by atoms with Crippen molar-refractivity contribution in [3.63, 3.8) is 0 Å². The third kappa shape index (κ3) is 3.44. The summed E-state index contributed by atoms with van der Waals surface area (Å²) in [4.78, 5) is 36.5. The first kappa shape index (κ1) is 25.8. The predicted octanol–water partition coefficient (Wildman–Crippen LogP) is 2.09. The van der Waals surface area contributed by atoms with Crippen LogP contribution < -0.4 is 26.6 Å². The number of ketones is 1. The number of H-pyrrole nitrogens is 3. The average molecular weight is 539 g/mol. The molecule has 8 nitrogen and oxygen atoms in total. The molecule has 6 rings (SSSR count). The van der Waals surface area contributed by atoms with E-state index in [0.717, 1.165) is 62.0 Å². The molecule has 3 aliphatic rings. The summed E-state index contributed by atoms with van der Waals surface area (Å²) in [5, 5.41) is 26.8. The molecule has 5 heterocycles. The number of aromatic amines is 3. The summed E-state index contributed by atoms with van der Waals surface area (Å²) in [6, 6.07) is -0.328. The molecule has 6 N–H and O–H groups in total. The first-order valence-electron chi connectivity index (χ1n) is 13.7. The van der Waals surface area contributed by atoms with Crippen LogP contribution >= 0.6 is 0 Å². The summed E-state index contributed by atoms with van der Waals surface area (Å²) in [6.45, 7) is 14.2. The lowest BCUT2D eigenvalue weighted by Crippen LogP contribution is -2.36. The molecule has 0 saturated carbocycles. The topological polar surface area (TPSA) is 134 Å². The predicted molar refractivity (Wildman–Crippen MR) is 156 cm³/mol. The van der Waals surface area contributed by atoms with E-state index in [2.05, 4.69) is 46.8 Å². The maximum Gasteiger partial charge on any atom is 0.318 e. The van der Waals surface area contributed by atoms with Crippen molar-refractivity contribution in [3.8, 4) is 0 Å². The number of carboxylic acids is 1. The standard InChI is InChI=1S/C32H34N4O4/c1-7-17-15(5)21-9-20-13(3)14(4)29(35-20)27-28(32(39)40)31(38)26-16(6)22(36-30(26)27)10-24-18(8-2)19(12-37)25(34-24)11-23(17)33-21/h7,9-14,28-29,33-37H,1,8H2,2-6H3,(H,39,40)/b19-12-,20-9-,22-10-,25-11-/t13-,14-,28+,29?/m0/s1. The van der Waals surface area contributed by atoms with E-state index in [-0.39, 0.29) is 23.7 Å². The van der Waals surface area contributed by atoms with Gasteiger partial charge in [-0.05, 0) is 66.7 Å². The Morgan fingerprint density at radius 1 is 1.02 bits per heavy atom. The fourth-order valence-electron chi connectivity index (χ4n) is 6.82. The Morgan fingerprint density at radius 3 is 2.40 bits per heavy atom. The Morgan fingerprint density at radius 2 is 1.75 bits per heavy atom. The maximum atomic E-state index is 13.6. The van der Waals surface area contributed by atoms with Crippen molar-refractivity contribution in [2.45, 2.75) is 47.1 Å². The van der Waals surface area contributed by atoms with Crippen LogP contribution in [0.5, 0.6) is 0 Å². The van der Waals surface area contributed by atoms with E-state index in [9.17, 15) is 19.8 Å². The Hall–Kier alpha value is -4.46. The average Bonchev–Trinajstić information content (AvgIpc) is 3.65. The van der Waals surface area contributed by atoms with Gasteiger partial charge in [-0.3, -0.25) is 9.59 Å². The number of fused-ring (bicyclic) bond motifs is 8. The van der Waals surface area contributed by atoms with Crippen LogP contribution in [-0.2, 0) is 11.2 Å². The molecule has 40 heavy (non-hydrogen) atoms. The highest BCUT2D eigenvalue weighted by Crippen LogP contribution is 2.39. The van der Waals surface area contributed by atoms with Crippen molar-refractivity contribution >= 4 is 47.9 Å². The second-order valence-electron chi connectivity index (χ2n) is 11.2. The molecule has 1 saturated heterocycles. The monoisotopic (exact) mass is 538 g/mol. The van der Waals surface area contributed by atoms with Crippen LogP contribution in [0.15, 0.2) is 12.3 Å². The van der Waals surface area contributed by atoms with Gasteiger partial charge in [0, 0.05) is 50.4 Å². The zero-order chi connectivity index (χ0) is 28.6. The highest BCUT2D eigenvalue weighted by molar-refractivity contribution is 6.19. The van der Waals surface area contributed by atoms with Crippen molar-refractivity contribution in [3.05, 3.63) is 78.4 Å². The summed E-state index contributed by atoms with van der Waals surface area (Å²) < 4.78 is 0. The van der Waals surface area contributed by atoms with Crippen LogP contribution in [0.4, 0.5) is 0 Å². The molecule has 3 aromatic rings. The number of Topliss-reactive ketones (excluding diaryl/α,β-unsaturated/α-hetero) is 1. The largest absolute Gasteiger partial charge is 0.515 e. The SMILES string of the molecule is C=Cc1c2[nH]c(c1C)/C=C1\NC(C3=c4[nH]/c(c(C)c4C(=O)[C@@H]3C(=O)O)=C\c3[nH]c(/c(=C\O)c3CC)=C\2)[C@@H](C)[C@@H]1C. The molecule has 0 aromatic carbocycles. The highest BCUT2D eigenvalue weighted by atomic mass is 16.4. The molecule has 206 valence electrons. The second-order valence-corrected chi connectivity index (χ2v) is 11.2. The fraction of sp³-hybridized carbons (Fsp3) is 0.312. The minimum atomic E-state index is -1.24. The van der Waals surface area contributed by atoms with Crippen molar-refractivity contribution in [1.82, 2.24) is 20.3 Å². The van der Waals surface area contributed by atoms with Crippen LogP contribution in [0.1, 0.15) is 70.5 Å². The maximum absolute atomic E-state index is 13.6. The summed E-state index contributed by atoms with van der Waals surface area (Å²) in [7, 11) is 0. The molecule has 0 radical (unpaired) electrons. The lowest BCUT2D eigenvalue weighted by atomic mass is 9.84. The van der Waals surface area contributed by atoms with Crippen molar-refractivity contribution in [2.24, 2.45) is 17.8 Å². The van der Waals surface area contributed by atoms with E-state index in [1.54, 1.807) is 0 Å². The Balaban J connectivity index is 1.77. The van der Waals surface area contributed by atoms with Gasteiger partial charge in [-0.25, -0.2) is 0 Å². The quantitative estimate of drug-likeness (QED) is 0.284. The number of hydrogen-bond acceptors (Lipinski definition) is 4. The molecule has 3 aromatic heterocycles. The lowest BCUT2D eigenvalue weighted by molar-refractivity contribution is -0.138. The number of nitrogens with one attached hydrogen (secondary N) is 4. The minimum absolute atomic E-state index is 0.0497. The number of rotatable bonds is 3. The fourth-order valence-corrected chi connectivity index (χ4v) is 6.82. The number of allylic oxidation sites excluding steroid dienone is 1. The van der Waals surface area contributed by atoms with Crippen molar-refractivity contribution in [2.75, 3.05) is 0 Å². The number of carboxylic acid groups (broad SMARTS) is 1. The van der Waals surface area contributed by atoms with E-state index in [0.29, 0.717) is 28.1 Å². The van der Waals surface area contributed by atoms with Gasteiger partial charge < -0.3 is 30.5 Å². The number of hydrogen-bond donors (Lipinski definition) is 6. The lowest BCUT2D eigenvalue weighted by Gasteiger charge is -2.21. The smallest absolute Gasteiger partial charge is 0.318 e. The summed E-state index contributed by atoms with van der Waals surface area (Å²) in [6.07, 6.45) is 9.63. The Labute approximate surface area is 231 Å². The number of carbonyl (C=O) groups is 2. The van der Waals surface area contributed by atoms with Crippen molar-refractivity contribution in [1.29, 1.82) is 0 Å². The van der Waals surface area contributed by atoms with Gasteiger partial charge in [-0.2, -0.15) is 0 Å². The molecule has 8 bridgehead atoms. The molecule has 0 amide bonds. The molecule has 8 heteroatoms. The van der Waals surface area contributed by atoms with Gasteiger partial charge in [-0.1, -0.05) is 33.4 Å². The van der Waals surface area contributed by atoms with Crippen LogP contribution in [0.2, 0.25) is 0 Å². The van der Waals surface area contributed by atoms with Crippen LogP contribution in [0.3, 0.4) is 0 Å². The Bertz CT molecular complexity index is 1910. The van der Waals surface area contributed by atoms with E-state index in [1.807, 2.05) is 39.0 Å². The first-order valence-corrected chi connectivity index (χ1v) is 13.7. The van der Waals surface area contributed by atoms with Gasteiger partial charge in [0.1, 0.15) is 5.92 Å². The zero-order valence-corrected chi connectivity index (χ0v) is 23.3. The van der Waals surface area contributed by atoms with Gasteiger partial charge in [0.2, 0.25) is 0 Å². The van der Waals surface area contributed by atoms with Crippen LogP contribution in [-0.4, -0.2) is 43.0 Å². The van der Waals surface area contributed by atoms with Crippen LogP contribution in [0.25, 0.3) is 36.1 Å². The molecular formula is C32H34N4O4. The highest BCUT2D eigenvalue weighted by Gasteiger charge is 2.47. The van der Waals surface area contributed by atoms with E-state index < -0.39 is 11.9 Å². The van der Waals surface area contributed by atoms with Gasteiger partial charge in [0.05, 0.1) is 23.0 Å². The van der Waals surface area contributed by atoms with E-state index >= 15 is 0 Å². The third-order valence-corrected chi connectivity index (χ3v) is 9.25. The van der Waals surface area contributed by atoms with Gasteiger partial charge in [-0.15, -0.1) is 0 Å². The number of carbonyl (C=O) groups excluding carboxylic acids is 1. The minimum Gasteiger partial charge on any atom is -0.515 e. The summed E-state index contributed by atoms with van der Waals surface area (Å²) >= 11 is 0.